The summed E-state index contributed by atoms with van der Waals surface area (Å²) in [6.45, 7) is 5.39. The van der Waals surface area contributed by atoms with E-state index < -0.39 is 0 Å². The van der Waals surface area contributed by atoms with Crippen LogP contribution in [0.15, 0.2) is 24.9 Å². The van der Waals surface area contributed by atoms with Crippen molar-refractivity contribution in [2.24, 2.45) is 14.1 Å². The van der Waals surface area contributed by atoms with E-state index in [4.69, 9.17) is 4.74 Å². The SMILES string of the molecule is CCN1CCO[C@@H](CNc2ncnc3c2cnn3C)[C@@H]1c1nccn1C. The fourth-order valence-corrected chi connectivity index (χ4v) is 3.60. The molecule has 3 aromatic heterocycles. The number of morpholine rings is 1. The highest BCUT2D eigenvalue weighted by atomic mass is 16.5. The van der Waals surface area contributed by atoms with Crippen molar-refractivity contribution in [1.29, 1.82) is 0 Å². The van der Waals surface area contributed by atoms with Gasteiger partial charge in [-0.05, 0) is 6.54 Å². The van der Waals surface area contributed by atoms with Crippen molar-refractivity contribution >= 4 is 16.9 Å². The maximum atomic E-state index is 6.12. The number of imidazole rings is 1. The lowest BCUT2D eigenvalue weighted by molar-refractivity contribution is -0.0675. The summed E-state index contributed by atoms with van der Waals surface area (Å²) in [6.07, 6.45) is 7.14. The lowest BCUT2D eigenvalue weighted by Crippen LogP contribution is -2.48. The summed E-state index contributed by atoms with van der Waals surface area (Å²) < 4.78 is 9.93. The Morgan fingerprint density at radius 3 is 2.92 bits per heavy atom. The molecule has 9 nitrogen and oxygen atoms in total. The molecule has 4 heterocycles. The van der Waals surface area contributed by atoms with Gasteiger partial charge in [-0.15, -0.1) is 0 Å². The van der Waals surface area contributed by atoms with Crippen LogP contribution in [-0.2, 0) is 18.8 Å². The van der Waals surface area contributed by atoms with Gasteiger partial charge in [0.15, 0.2) is 5.65 Å². The quantitative estimate of drug-likeness (QED) is 0.729. The minimum absolute atomic E-state index is 0.0218. The number of nitrogens with one attached hydrogen (secondary N) is 1. The number of ether oxygens (including phenoxy) is 1. The Morgan fingerprint density at radius 2 is 2.15 bits per heavy atom. The zero-order valence-electron chi connectivity index (χ0n) is 15.3. The largest absolute Gasteiger partial charge is 0.373 e. The van der Waals surface area contributed by atoms with Gasteiger partial charge in [-0.1, -0.05) is 6.92 Å². The van der Waals surface area contributed by atoms with E-state index in [9.17, 15) is 0 Å². The molecule has 1 N–H and O–H groups in total. The molecule has 4 rings (SSSR count). The van der Waals surface area contributed by atoms with Crippen LogP contribution in [0.2, 0.25) is 0 Å². The van der Waals surface area contributed by atoms with Crippen LogP contribution in [0.25, 0.3) is 11.0 Å². The first-order valence-electron chi connectivity index (χ1n) is 8.88. The smallest absolute Gasteiger partial charge is 0.163 e. The van der Waals surface area contributed by atoms with Gasteiger partial charge in [-0.25, -0.2) is 15.0 Å². The van der Waals surface area contributed by atoms with Crippen LogP contribution in [0.4, 0.5) is 5.82 Å². The average molecular weight is 356 g/mol. The Bertz CT molecular complexity index is 888. The third-order valence-corrected chi connectivity index (χ3v) is 4.99. The maximum absolute atomic E-state index is 6.12. The van der Waals surface area contributed by atoms with Gasteiger partial charge in [0.1, 0.15) is 18.0 Å². The molecule has 2 atom stereocenters. The molecule has 9 heteroatoms. The molecule has 0 aliphatic carbocycles. The van der Waals surface area contributed by atoms with Gasteiger partial charge in [-0.2, -0.15) is 5.10 Å². The molecule has 1 saturated heterocycles. The first-order valence-corrected chi connectivity index (χ1v) is 8.88. The summed E-state index contributed by atoms with van der Waals surface area (Å²) in [7, 11) is 3.90. The summed E-state index contributed by atoms with van der Waals surface area (Å²) in [4.78, 5) is 15.7. The highest BCUT2D eigenvalue weighted by molar-refractivity contribution is 5.85. The van der Waals surface area contributed by atoms with Crippen LogP contribution in [-0.4, -0.2) is 66.5 Å². The summed E-state index contributed by atoms with van der Waals surface area (Å²) in [5.41, 5.74) is 0.808. The van der Waals surface area contributed by atoms with Crippen LogP contribution in [0.1, 0.15) is 18.8 Å². The molecule has 138 valence electrons. The van der Waals surface area contributed by atoms with Crippen molar-refractivity contribution in [2.45, 2.75) is 19.1 Å². The standard InChI is InChI=1S/C17H24N8O/c1-4-25-7-8-26-13(14(25)17-18-5-6-23(17)2)10-19-15-12-9-22-24(3)16(12)21-11-20-15/h5-6,9,11,13-14H,4,7-8,10H2,1-3H3,(H,19,20,21)/t13-,14+/m0/s1. The molecular weight excluding hydrogens is 332 g/mol. The van der Waals surface area contributed by atoms with Crippen molar-refractivity contribution < 1.29 is 4.74 Å². The Balaban J connectivity index is 1.58. The van der Waals surface area contributed by atoms with Gasteiger partial charge >= 0.3 is 0 Å². The van der Waals surface area contributed by atoms with Gasteiger partial charge in [0, 0.05) is 39.6 Å². The second-order valence-electron chi connectivity index (χ2n) is 6.49. The van der Waals surface area contributed by atoms with Crippen LogP contribution >= 0.6 is 0 Å². The molecule has 0 radical (unpaired) electrons. The van der Waals surface area contributed by atoms with Crippen molar-refractivity contribution in [3.63, 3.8) is 0 Å². The lowest BCUT2D eigenvalue weighted by Gasteiger charge is -2.40. The Kier molecular flexibility index (Phi) is 4.56. The molecule has 1 aliphatic heterocycles. The van der Waals surface area contributed by atoms with E-state index >= 15 is 0 Å². The van der Waals surface area contributed by atoms with E-state index in [0.717, 1.165) is 35.8 Å². The molecule has 0 spiro atoms. The molecule has 0 unspecified atom stereocenters. The van der Waals surface area contributed by atoms with Crippen molar-refractivity contribution in [1.82, 2.24) is 34.2 Å². The normalized spacial score (nSPS) is 21.3. The van der Waals surface area contributed by atoms with Crippen molar-refractivity contribution in [3.8, 4) is 0 Å². The summed E-state index contributed by atoms with van der Waals surface area (Å²) in [5, 5.41) is 8.61. The number of hydrogen-bond donors (Lipinski definition) is 1. The van der Waals surface area contributed by atoms with E-state index in [1.165, 1.54) is 0 Å². The van der Waals surface area contributed by atoms with E-state index in [0.29, 0.717) is 13.2 Å². The summed E-state index contributed by atoms with van der Waals surface area (Å²) in [6, 6.07) is 0.104. The minimum Gasteiger partial charge on any atom is -0.373 e. The minimum atomic E-state index is -0.0218. The van der Waals surface area contributed by atoms with E-state index in [1.54, 1.807) is 17.2 Å². The third kappa shape index (κ3) is 2.93. The van der Waals surface area contributed by atoms with Crippen LogP contribution in [0, 0.1) is 0 Å². The number of aryl methyl sites for hydroxylation is 2. The zero-order chi connectivity index (χ0) is 18.1. The Morgan fingerprint density at radius 1 is 1.27 bits per heavy atom. The number of aromatic nitrogens is 6. The molecule has 0 bridgehead atoms. The number of fused-ring (bicyclic) bond motifs is 1. The first kappa shape index (κ1) is 16.9. The van der Waals surface area contributed by atoms with Gasteiger partial charge in [-0.3, -0.25) is 9.58 Å². The second-order valence-corrected chi connectivity index (χ2v) is 6.49. The van der Waals surface area contributed by atoms with Gasteiger partial charge < -0.3 is 14.6 Å². The monoisotopic (exact) mass is 356 g/mol. The van der Waals surface area contributed by atoms with Crippen molar-refractivity contribution in [3.05, 3.63) is 30.7 Å². The van der Waals surface area contributed by atoms with Crippen LogP contribution < -0.4 is 5.32 Å². The maximum Gasteiger partial charge on any atom is 0.163 e. The van der Waals surface area contributed by atoms with E-state index in [1.807, 2.05) is 26.5 Å². The molecule has 0 amide bonds. The number of anilines is 1. The lowest BCUT2D eigenvalue weighted by atomic mass is 10.1. The topological polar surface area (TPSA) is 85.9 Å². The number of rotatable bonds is 5. The van der Waals surface area contributed by atoms with Gasteiger partial charge in [0.05, 0.1) is 30.3 Å². The first-order chi connectivity index (χ1) is 12.7. The molecule has 3 aromatic rings. The second kappa shape index (κ2) is 7.00. The fourth-order valence-electron chi connectivity index (χ4n) is 3.60. The van der Waals surface area contributed by atoms with E-state index in [-0.39, 0.29) is 12.1 Å². The highest BCUT2D eigenvalue weighted by Crippen LogP contribution is 2.29. The number of nitrogens with zero attached hydrogens (tertiary/aromatic N) is 7. The number of hydrogen-bond acceptors (Lipinski definition) is 7. The molecule has 1 aliphatic rings. The molecule has 26 heavy (non-hydrogen) atoms. The summed E-state index contributed by atoms with van der Waals surface area (Å²) >= 11 is 0. The molecule has 0 saturated carbocycles. The van der Waals surface area contributed by atoms with Crippen LogP contribution in [0.3, 0.4) is 0 Å². The Hall–Kier alpha value is -2.52. The summed E-state index contributed by atoms with van der Waals surface area (Å²) in [5.74, 6) is 1.80. The predicted octanol–water partition coefficient (Wildman–Crippen LogP) is 0.971. The van der Waals surface area contributed by atoms with Crippen molar-refractivity contribution in [2.75, 3.05) is 31.6 Å². The third-order valence-electron chi connectivity index (χ3n) is 4.99. The molecule has 1 fully saturated rings. The molecule has 0 aromatic carbocycles. The Labute approximate surface area is 152 Å². The zero-order valence-corrected chi connectivity index (χ0v) is 15.3. The highest BCUT2D eigenvalue weighted by Gasteiger charge is 2.35. The average Bonchev–Trinajstić information content (AvgIpc) is 3.26. The van der Waals surface area contributed by atoms with E-state index in [2.05, 4.69) is 41.8 Å². The predicted molar refractivity (Wildman–Crippen MR) is 97.7 cm³/mol. The fraction of sp³-hybridized carbons (Fsp3) is 0.529. The van der Waals surface area contributed by atoms with Gasteiger partial charge in [0.2, 0.25) is 0 Å². The number of likely N-dealkylation sites (N-methyl/N-ethyl adjacent to an activating group) is 1. The van der Waals surface area contributed by atoms with Crippen LogP contribution in [0.5, 0.6) is 0 Å². The van der Waals surface area contributed by atoms with Gasteiger partial charge in [0.25, 0.3) is 0 Å². The molecular formula is C17H24N8O.